The maximum Gasteiger partial charge on any atom is 0.251 e. The summed E-state index contributed by atoms with van der Waals surface area (Å²) in [6, 6.07) is 7.11. The molecule has 1 aliphatic rings. The van der Waals surface area contributed by atoms with Gasteiger partial charge in [-0.05, 0) is 25.5 Å². The van der Waals surface area contributed by atoms with Gasteiger partial charge >= 0.3 is 0 Å². The van der Waals surface area contributed by atoms with E-state index in [-0.39, 0.29) is 30.3 Å². The van der Waals surface area contributed by atoms with Crippen LogP contribution in [0.3, 0.4) is 0 Å². The van der Waals surface area contributed by atoms with Crippen molar-refractivity contribution < 1.29 is 14.4 Å². The first-order valence-electron chi connectivity index (χ1n) is 6.95. The molecule has 112 valence electrons. The summed E-state index contributed by atoms with van der Waals surface area (Å²) in [5.41, 5.74) is 1.53. The molecule has 0 spiro atoms. The van der Waals surface area contributed by atoms with Gasteiger partial charge in [0, 0.05) is 24.6 Å². The van der Waals surface area contributed by atoms with Crippen LogP contribution in [0.25, 0.3) is 0 Å². The van der Waals surface area contributed by atoms with Gasteiger partial charge in [0.05, 0.1) is 6.54 Å². The van der Waals surface area contributed by atoms with Crippen LogP contribution >= 0.6 is 0 Å². The van der Waals surface area contributed by atoms with Crippen LogP contribution in [-0.4, -0.2) is 36.9 Å². The summed E-state index contributed by atoms with van der Waals surface area (Å²) in [7, 11) is 0. The average molecular weight is 289 g/mol. The van der Waals surface area contributed by atoms with Gasteiger partial charge in [-0.1, -0.05) is 17.7 Å². The van der Waals surface area contributed by atoms with E-state index < -0.39 is 0 Å². The number of amides is 3. The van der Waals surface area contributed by atoms with Crippen molar-refractivity contribution in [2.75, 3.05) is 13.1 Å². The van der Waals surface area contributed by atoms with Crippen molar-refractivity contribution in [3.8, 4) is 0 Å². The molecule has 0 radical (unpaired) electrons. The molecule has 3 amide bonds. The Balaban J connectivity index is 1.76. The number of rotatable bonds is 4. The number of hydrogen-bond acceptors (Lipinski definition) is 3. The molecule has 0 bridgehead atoms. The van der Waals surface area contributed by atoms with E-state index in [0.29, 0.717) is 24.9 Å². The van der Waals surface area contributed by atoms with Crippen LogP contribution in [0.2, 0.25) is 0 Å². The van der Waals surface area contributed by atoms with Crippen molar-refractivity contribution >= 4 is 17.7 Å². The smallest absolute Gasteiger partial charge is 0.251 e. The first-order chi connectivity index (χ1) is 10.0. The zero-order valence-electron chi connectivity index (χ0n) is 11.9. The van der Waals surface area contributed by atoms with E-state index in [1.54, 1.807) is 18.2 Å². The van der Waals surface area contributed by atoms with Gasteiger partial charge in [0.15, 0.2) is 0 Å². The van der Waals surface area contributed by atoms with Gasteiger partial charge in [0.25, 0.3) is 5.91 Å². The van der Waals surface area contributed by atoms with Crippen LogP contribution in [0, 0.1) is 6.92 Å². The molecule has 0 saturated carbocycles. The number of hydrogen-bond donors (Lipinski definition) is 3. The molecule has 1 saturated heterocycles. The number of nitrogens with one attached hydrogen (secondary N) is 3. The fourth-order valence-corrected chi connectivity index (χ4v) is 2.18. The predicted molar refractivity (Wildman–Crippen MR) is 77.7 cm³/mol. The Bertz CT molecular complexity index is 547. The van der Waals surface area contributed by atoms with E-state index in [0.717, 1.165) is 5.56 Å². The maximum atomic E-state index is 11.9. The number of piperidine rings is 1. The van der Waals surface area contributed by atoms with Gasteiger partial charge in [0.1, 0.15) is 0 Å². The summed E-state index contributed by atoms with van der Waals surface area (Å²) < 4.78 is 0. The second kappa shape index (κ2) is 6.88. The number of aryl methyl sites for hydroxylation is 1. The van der Waals surface area contributed by atoms with E-state index in [1.807, 2.05) is 13.0 Å². The van der Waals surface area contributed by atoms with Gasteiger partial charge in [-0.2, -0.15) is 0 Å². The Morgan fingerprint density at radius 1 is 1.38 bits per heavy atom. The van der Waals surface area contributed by atoms with Gasteiger partial charge in [0.2, 0.25) is 11.8 Å². The molecule has 1 aromatic carbocycles. The van der Waals surface area contributed by atoms with Gasteiger partial charge in [-0.3, -0.25) is 14.4 Å². The Labute approximate surface area is 123 Å². The molecule has 21 heavy (non-hydrogen) atoms. The minimum Gasteiger partial charge on any atom is -0.354 e. The van der Waals surface area contributed by atoms with Crippen LogP contribution in [-0.2, 0) is 9.59 Å². The van der Waals surface area contributed by atoms with Gasteiger partial charge in [-0.25, -0.2) is 0 Å². The van der Waals surface area contributed by atoms with E-state index in [4.69, 9.17) is 0 Å². The second-order valence-corrected chi connectivity index (χ2v) is 5.16. The van der Waals surface area contributed by atoms with Crippen LogP contribution in [0.15, 0.2) is 24.3 Å². The highest BCUT2D eigenvalue weighted by molar-refractivity contribution is 5.96. The third-order valence-corrected chi connectivity index (χ3v) is 3.32. The van der Waals surface area contributed by atoms with E-state index in [1.165, 1.54) is 0 Å². The lowest BCUT2D eigenvalue weighted by molar-refractivity contribution is -0.125. The van der Waals surface area contributed by atoms with Crippen molar-refractivity contribution in [2.24, 2.45) is 0 Å². The molecule has 1 aliphatic heterocycles. The largest absolute Gasteiger partial charge is 0.354 e. The zero-order chi connectivity index (χ0) is 15.2. The lowest BCUT2D eigenvalue weighted by Crippen LogP contribution is -2.50. The molecule has 3 N–H and O–H groups in total. The molecule has 1 heterocycles. The third-order valence-electron chi connectivity index (χ3n) is 3.32. The molecule has 1 atom stereocenters. The van der Waals surface area contributed by atoms with E-state index in [9.17, 15) is 14.4 Å². The zero-order valence-corrected chi connectivity index (χ0v) is 11.9. The lowest BCUT2D eigenvalue weighted by atomic mass is 10.1. The molecule has 6 heteroatoms. The first kappa shape index (κ1) is 15.0. The molecule has 0 aliphatic carbocycles. The summed E-state index contributed by atoms with van der Waals surface area (Å²) in [4.78, 5) is 34.7. The van der Waals surface area contributed by atoms with Crippen molar-refractivity contribution in [3.63, 3.8) is 0 Å². The van der Waals surface area contributed by atoms with Crippen molar-refractivity contribution in [3.05, 3.63) is 35.4 Å². The Kier molecular flexibility index (Phi) is 4.92. The Morgan fingerprint density at radius 2 is 2.19 bits per heavy atom. The first-order valence-corrected chi connectivity index (χ1v) is 6.95. The number of carbonyl (C=O) groups excluding carboxylic acids is 3. The molecule has 2 rings (SSSR count). The minimum atomic E-state index is -0.272. The van der Waals surface area contributed by atoms with Crippen LogP contribution in [0.5, 0.6) is 0 Å². The Hall–Kier alpha value is -2.37. The fourth-order valence-electron chi connectivity index (χ4n) is 2.18. The lowest BCUT2D eigenvalue weighted by Gasteiger charge is -2.23. The summed E-state index contributed by atoms with van der Waals surface area (Å²) in [5.74, 6) is -0.517. The van der Waals surface area contributed by atoms with E-state index >= 15 is 0 Å². The quantitative estimate of drug-likeness (QED) is 0.735. The van der Waals surface area contributed by atoms with Gasteiger partial charge < -0.3 is 16.0 Å². The average Bonchev–Trinajstić information content (AvgIpc) is 2.47. The van der Waals surface area contributed by atoms with Gasteiger partial charge in [-0.15, -0.1) is 0 Å². The summed E-state index contributed by atoms with van der Waals surface area (Å²) in [5, 5.41) is 8.07. The SMILES string of the molecule is Cc1cccc(C(=O)NCC(=O)NC2CCC(=O)NC2)c1. The predicted octanol–water partition coefficient (Wildman–Crippen LogP) is 0.120. The topological polar surface area (TPSA) is 87.3 Å². The molecule has 1 fully saturated rings. The van der Waals surface area contributed by atoms with E-state index in [2.05, 4.69) is 16.0 Å². The second-order valence-electron chi connectivity index (χ2n) is 5.16. The molecular formula is C15H19N3O3. The summed E-state index contributed by atoms with van der Waals surface area (Å²) in [6.45, 7) is 2.27. The van der Waals surface area contributed by atoms with Crippen molar-refractivity contribution in [1.29, 1.82) is 0 Å². The monoisotopic (exact) mass is 289 g/mol. The molecule has 0 aromatic heterocycles. The van der Waals surface area contributed by atoms with Crippen LogP contribution in [0.4, 0.5) is 0 Å². The third kappa shape index (κ3) is 4.59. The summed E-state index contributed by atoms with van der Waals surface area (Å²) in [6.07, 6.45) is 1.05. The standard InChI is InChI=1S/C15H19N3O3/c1-10-3-2-4-11(7-10)15(21)17-9-14(20)18-12-5-6-13(19)16-8-12/h2-4,7,12H,5-6,8-9H2,1H3,(H,16,19)(H,17,21)(H,18,20). The molecule has 1 unspecified atom stereocenters. The molecular weight excluding hydrogens is 270 g/mol. The fraction of sp³-hybridized carbons (Fsp3) is 0.400. The van der Waals surface area contributed by atoms with Crippen molar-refractivity contribution in [2.45, 2.75) is 25.8 Å². The van der Waals surface area contributed by atoms with Crippen LogP contribution in [0.1, 0.15) is 28.8 Å². The van der Waals surface area contributed by atoms with Crippen LogP contribution < -0.4 is 16.0 Å². The highest BCUT2D eigenvalue weighted by Gasteiger charge is 2.19. The molecule has 6 nitrogen and oxygen atoms in total. The maximum absolute atomic E-state index is 11.9. The normalized spacial score (nSPS) is 17.8. The summed E-state index contributed by atoms with van der Waals surface area (Å²) >= 11 is 0. The van der Waals surface area contributed by atoms with Crippen molar-refractivity contribution in [1.82, 2.24) is 16.0 Å². The molecule has 1 aromatic rings. The number of benzene rings is 1. The number of carbonyl (C=O) groups is 3. The highest BCUT2D eigenvalue weighted by Crippen LogP contribution is 2.04. The Morgan fingerprint density at radius 3 is 2.86 bits per heavy atom. The minimum absolute atomic E-state index is 0.00764. The highest BCUT2D eigenvalue weighted by atomic mass is 16.2.